The number of aliphatic hydroxyl groups excluding tert-OH is 1. The van der Waals surface area contributed by atoms with Gasteiger partial charge in [0.1, 0.15) is 0 Å². The van der Waals surface area contributed by atoms with Gasteiger partial charge in [-0.3, -0.25) is 4.90 Å². The van der Waals surface area contributed by atoms with Crippen LogP contribution in [0, 0.1) is 5.92 Å². The fourth-order valence-corrected chi connectivity index (χ4v) is 2.29. The van der Waals surface area contributed by atoms with Gasteiger partial charge in [0, 0.05) is 32.7 Å². The Bertz CT molecular complexity index is 226. The number of ether oxygens (including phenoxy) is 1. The highest BCUT2D eigenvalue weighted by Crippen LogP contribution is 2.07. The Hall–Kier alpha value is -0.160. The second-order valence-electron chi connectivity index (χ2n) is 6.36. The molecule has 19 heavy (non-hydrogen) atoms. The first kappa shape index (κ1) is 16.9. The number of nitrogens with zero attached hydrogens (tertiary/aromatic N) is 2. The lowest BCUT2D eigenvalue weighted by molar-refractivity contribution is -0.0146. The Kier molecular flexibility index (Phi) is 7.91. The number of hydrogen-bond acceptors (Lipinski definition) is 4. The van der Waals surface area contributed by atoms with E-state index in [1.165, 1.54) is 13.0 Å². The van der Waals surface area contributed by atoms with Crippen LogP contribution in [0.2, 0.25) is 0 Å². The molecule has 0 spiro atoms. The van der Waals surface area contributed by atoms with Gasteiger partial charge in [0.05, 0.1) is 18.8 Å². The summed E-state index contributed by atoms with van der Waals surface area (Å²) in [6.45, 7) is 15.4. The van der Waals surface area contributed by atoms with Crippen molar-refractivity contribution in [1.82, 2.24) is 9.80 Å². The largest absolute Gasteiger partial charge is 0.389 e. The third-order valence-corrected chi connectivity index (χ3v) is 3.58. The fourth-order valence-electron chi connectivity index (χ4n) is 2.29. The summed E-state index contributed by atoms with van der Waals surface area (Å²) in [5.74, 6) is 0.785. The van der Waals surface area contributed by atoms with Gasteiger partial charge in [0.15, 0.2) is 0 Å². The van der Waals surface area contributed by atoms with Crippen LogP contribution in [0.5, 0.6) is 0 Å². The molecule has 1 fully saturated rings. The van der Waals surface area contributed by atoms with E-state index < -0.39 is 0 Å². The molecule has 0 aromatic carbocycles. The number of rotatable bonds is 8. The first-order chi connectivity index (χ1) is 8.97. The van der Waals surface area contributed by atoms with E-state index in [2.05, 4.69) is 23.6 Å². The number of piperazine rings is 1. The van der Waals surface area contributed by atoms with Gasteiger partial charge in [-0.2, -0.15) is 0 Å². The van der Waals surface area contributed by atoms with E-state index in [0.29, 0.717) is 6.61 Å². The van der Waals surface area contributed by atoms with Gasteiger partial charge >= 0.3 is 0 Å². The van der Waals surface area contributed by atoms with Crippen molar-refractivity contribution in [1.29, 1.82) is 0 Å². The molecule has 114 valence electrons. The lowest BCUT2D eigenvalue weighted by Gasteiger charge is -2.35. The molecule has 4 heteroatoms. The summed E-state index contributed by atoms with van der Waals surface area (Å²) in [5.41, 5.74) is 0. The molecule has 1 saturated heterocycles. The summed E-state index contributed by atoms with van der Waals surface area (Å²) >= 11 is 0. The maximum absolute atomic E-state index is 9.91. The molecule has 1 N–H and O–H groups in total. The van der Waals surface area contributed by atoms with Gasteiger partial charge in [-0.1, -0.05) is 13.8 Å². The van der Waals surface area contributed by atoms with Crippen molar-refractivity contribution in [2.75, 3.05) is 45.9 Å². The molecule has 0 radical (unpaired) electrons. The van der Waals surface area contributed by atoms with E-state index in [4.69, 9.17) is 4.74 Å². The molecule has 0 aromatic rings. The maximum atomic E-state index is 9.91. The quantitative estimate of drug-likeness (QED) is 0.725. The molecule has 1 rings (SSSR count). The van der Waals surface area contributed by atoms with Crippen LogP contribution in [0.15, 0.2) is 0 Å². The molecule has 0 amide bonds. The van der Waals surface area contributed by atoms with Gasteiger partial charge in [-0.05, 0) is 32.7 Å². The summed E-state index contributed by atoms with van der Waals surface area (Å²) in [7, 11) is 0. The van der Waals surface area contributed by atoms with Crippen molar-refractivity contribution < 1.29 is 9.84 Å². The van der Waals surface area contributed by atoms with Crippen molar-refractivity contribution in [3.05, 3.63) is 0 Å². The molecule has 0 aromatic heterocycles. The zero-order valence-electron chi connectivity index (χ0n) is 13.1. The zero-order chi connectivity index (χ0) is 14.3. The second kappa shape index (κ2) is 8.90. The summed E-state index contributed by atoms with van der Waals surface area (Å²) in [4.78, 5) is 4.88. The normalized spacial score (nSPS) is 20.4. The lowest BCUT2D eigenvalue weighted by atomic mass is 10.1. The second-order valence-corrected chi connectivity index (χ2v) is 6.36. The van der Waals surface area contributed by atoms with E-state index in [1.807, 2.05) is 13.8 Å². The van der Waals surface area contributed by atoms with Crippen molar-refractivity contribution in [3.63, 3.8) is 0 Å². The Labute approximate surface area is 118 Å². The summed E-state index contributed by atoms with van der Waals surface area (Å²) in [6, 6.07) is 0. The lowest BCUT2D eigenvalue weighted by Crippen LogP contribution is -2.49. The average Bonchev–Trinajstić information content (AvgIpc) is 2.35. The molecular formula is C15H32N2O2. The Balaban J connectivity index is 2.12. The van der Waals surface area contributed by atoms with Gasteiger partial charge in [-0.25, -0.2) is 0 Å². The van der Waals surface area contributed by atoms with E-state index in [0.717, 1.165) is 38.6 Å². The molecule has 1 atom stereocenters. The first-order valence-electron chi connectivity index (χ1n) is 7.71. The highest BCUT2D eigenvalue weighted by molar-refractivity contribution is 4.74. The van der Waals surface area contributed by atoms with Crippen LogP contribution in [0.1, 0.15) is 34.1 Å². The van der Waals surface area contributed by atoms with E-state index in [9.17, 15) is 5.11 Å². The molecule has 1 unspecified atom stereocenters. The van der Waals surface area contributed by atoms with Gasteiger partial charge < -0.3 is 14.7 Å². The van der Waals surface area contributed by atoms with Crippen molar-refractivity contribution >= 4 is 0 Å². The number of β-amino-alcohol motifs (C(OH)–C–C–N with tert-alkyl or cyclic N) is 1. The van der Waals surface area contributed by atoms with Crippen LogP contribution < -0.4 is 0 Å². The van der Waals surface area contributed by atoms with Crippen LogP contribution in [-0.4, -0.2) is 73.0 Å². The van der Waals surface area contributed by atoms with E-state index >= 15 is 0 Å². The Morgan fingerprint density at radius 2 is 1.58 bits per heavy atom. The molecule has 0 bridgehead atoms. The van der Waals surface area contributed by atoms with Crippen molar-refractivity contribution in [2.45, 2.75) is 46.3 Å². The van der Waals surface area contributed by atoms with Crippen LogP contribution in [0.3, 0.4) is 0 Å². The third kappa shape index (κ3) is 7.88. The average molecular weight is 272 g/mol. The Morgan fingerprint density at radius 1 is 1.00 bits per heavy atom. The summed E-state index contributed by atoms with van der Waals surface area (Å²) < 4.78 is 5.44. The highest BCUT2D eigenvalue weighted by Gasteiger charge is 2.19. The molecule has 4 nitrogen and oxygen atoms in total. The summed E-state index contributed by atoms with van der Waals surface area (Å²) in [5, 5.41) is 9.91. The third-order valence-electron chi connectivity index (χ3n) is 3.58. The minimum absolute atomic E-state index is 0.197. The highest BCUT2D eigenvalue weighted by atomic mass is 16.5. The van der Waals surface area contributed by atoms with Gasteiger partial charge in [0.2, 0.25) is 0 Å². The monoisotopic (exact) mass is 272 g/mol. The number of aliphatic hydroxyl groups is 1. The van der Waals surface area contributed by atoms with Crippen molar-refractivity contribution in [2.24, 2.45) is 5.92 Å². The molecular weight excluding hydrogens is 240 g/mol. The SMILES string of the molecule is CC(C)CCN1CCN(CC(O)COC(C)C)CC1. The number of hydrogen-bond donors (Lipinski definition) is 1. The van der Waals surface area contributed by atoms with E-state index in [-0.39, 0.29) is 12.2 Å². The van der Waals surface area contributed by atoms with Gasteiger partial charge in [-0.15, -0.1) is 0 Å². The molecule has 0 saturated carbocycles. The van der Waals surface area contributed by atoms with Crippen LogP contribution in [0.4, 0.5) is 0 Å². The zero-order valence-corrected chi connectivity index (χ0v) is 13.1. The molecule has 1 aliphatic rings. The minimum Gasteiger partial charge on any atom is -0.389 e. The molecule has 0 aliphatic carbocycles. The minimum atomic E-state index is -0.357. The topological polar surface area (TPSA) is 35.9 Å². The fraction of sp³-hybridized carbons (Fsp3) is 1.00. The van der Waals surface area contributed by atoms with Crippen molar-refractivity contribution in [3.8, 4) is 0 Å². The van der Waals surface area contributed by atoms with Crippen LogP contribution in [-0.2, 0) is 4.74 Å². The maximum Gasteiger partial charge on any atom is 0.0900 e. The predicted molar refractivity (Wildman–Crippen MR) is 79.4 cm³/mol. The molecule has 1 aliphatic heterocycles. The van der Waals surface area contributed by atoms with Gasteiger partial charge in [0.25, 0.3) is 0 Å². The van der Waals surface area contributed by atoms with Crippen LogP contribution >= 0.6 is 0 Å². The first-order valence-corrected chi connectivity index (χ1v) is 7.71. The summed E-state index contributed by atoms with van der Waals surface area (Å²) in [6.07, 6.45) is 1.12. The van der Waals surface area contributed by atoms with Crippen LogP contribution in [0.25, 0.3) is 0 Å². The standard InChI is InChI=1S/C15H32N2O2/c1-13(2)5-6-16-7-9-17(10-8-16)11-15(18)12-19-14(3)4/h13-15,18H,5-12H2,1-4H3. The predicted octanol–water partition coefficient (Wildman–Crippen LogP) is 1.44. The molecule has 1 heterocycles. The van der Waals surface area contributed by atoms with E-state index in [1.54, 1.807) is 0 Å². The smallest absolute Gasteiger partial charge is 0.0900 e. The Morgan fingerprint density at radius 3 is 2.11 bits per heavy atom.